The van der Waals surface area contributed by atoms with Crippen molar-refractivity contribution in [2.24, 2.45) is 4.99 Å². The Morgan fingerprint density at radius 2 is 2.41 bits per heavy atom. The van der Waals surface area contributed by atoms with E-state index in [-0.39, 0.29) is 0 Å². The second kappa shape index (κ2) is 6.27. The van der Waals surface area contributed by atoms with Crippen LogP contribution in [0.2, 0.25) is 0 Å². The normalized spacial score (nSPS) is 15.9. The van der Waals surface area contributed by atoms with Crippen molar-refractivity contribution < 1.29 is 0 Å². The van der Waals surface area contributed by atoms with Crippen LogP contribution < -0.4 is 10.6 Å². The van der Waals surface area contributed by atoms with Crippen molar-refractivity contribution in [3.63, 3.8) is 0 Å². The van der Waals surface area contributed by atoms with Gasteiger partial charge in [0.2, 0.25) is 0 Å². The smallest absolute Gasteiger partial charge is 0.191 e. The number of hydrogen-bond donors (Lipinski definition) is 2. The van der Waals surface area contributed by atoms with E-state index >= 15 is 0 Å². The highest BCUT2D eigenvalue weighted by molar-refractivity contribution is 5.80. The number of nitrogens with zero attached hydrogens (tertiary/aromatic N) is 3. The first kappa shape index (κ1) is 12.0. The summed E-state index contributed by atoms with van der Waals surface area (Å²) in [4.78, 5) is 8.57. The molecule has 1 aliphatic rings. The van der Waals surface area contributed by atoms with E-state index in [1.807, 2.05) is 18.7 Å². The molecule has 2 N–H and O–H groups in total. The highest BCUT2D eigenvalue weighted by atomic mass is 15.2. The summed E-state index contributed by atoms with van der Waals surface area (Å²) in [5.41, 5.74) is 0. The van der Waals surface area contributed by atoms with Crippen LogP contribution in [0.5, 0.6) is 0 Å². The van der Waals surface area contributed by atoms with E-state index in [1.54, 1.807) is 0 Å². The molecule has 0 bridgehead atoms. The molecule has 5 nitrogen and oxygen atoms in total. The van der Waals surface area contributed by atoms with Gasteiger partial charge in [0.25, 0.3) is 0 Å². The van der Waals surface area contributed by atoms with Crippen molar-refractivity contribution in [1.29, 1.82) is 0 Å². The third-order valence-corrected chi connectivity index (χ3v) is 2.67. The first-order valence-electron chi connectivity index (χ1n) is 6.39. The number of aliphatic imine (C=N–C) groups is 1. The van der Waals surface area contributed by atoms with Crippen molar-refractivity contribution in [2.75, 3.05) is 13.1 Å². The summed E-state index contributed by atoms with van der Waals surface area (Å²) in [6.07, 6.45) is 9.23. The van der Waals surface area contributed by atoms with Gasteiger partial charge in [-0.25, -0.2) is 4.98 Å². The van der Waals surface area contributed by atoms with Crippen molar-refractivity contribution in [2.45, 2.75) is 38.8 Å². The van der Waals surface area contributed by atoms with Crippen LogP contribution in [-0.2, 0) is 6.54 Å². The minimum atomic E-state index is 0.654. The van der Waals surface area contributed by atoms with E-state index in [2.05, 4.69) is 32.1 Å². The third-order valence-electron chi connectivity index (χ3n) is 2.67. The zero-order valence-electron chi connectivity index (χ0n) is 10.4. The number of nitrogens with one attached hydrogen (secondary N) is 2. The van der Waals surface area contributed by atoms with Gasteiger partial charge in [-0.15, -0.1) is 0 Å². The van der Waals surface area contributed by atoms with Gasteiger partial charge >= 0.3 is 0 Å². The van der Waals surface area contributed by atoms with E-state index in [0.717, 1.165) is 32.0 Å². The predicted octanol–water partition coefficient (Wildman–Crippen LogP) is 0.991. The minimum absolute atomic E-state index is 0.654. The van der Waals surface area contributed by atoms with E-state index in [0.29, 0.717) is 6.04 Å². The summed E-state index contributed by atoms with van der Waals surface area (Å²) in [7, 11) is 0. The fraction of sp³-hybridized carbons (Fsp3) is 0.667. The first-order chi connectivity index (χ1) is 8.38. The van der Waals surface area contributed by atoms with E-state index in [4.69, 9.17) is 0 Å². The van der Waals surface area contributed by atoms with Gasteiger partial charge in [-0.1, -0.05) is 0 Å². The summed E-state index contributed by atoms with van der Waals surface area (Å²) in [5.74, 6) is 0.959. The lowest BCUT2D eigenvalue weighted by Gasteiger charge is -2.10. The Morgan fingerprint density at radius 3 is 3.06 bits per heavy atom. The molecule has 0 aromatic carbocycles. The third kappa shape index (κ3) is 4.46. The molecule has 0 saturated heterocycles. The zero-order valence-corrected chi connectivity index (χ0v) is 10.4. The van der Waals surface area contributed by atoms with Gasteiger partial charge < -0.3 is 15.2 Å². The number of guanidine groups is 1. The van der Waals surface area contributed by atoms with Crippen LogP contribution in [0.1, 0.15) is 26.2 Å². The van der Waals surface area contributed by atoms with Gasteiger partial charge in [0.1, 0.15) is 0 Å². The molecule has 1 aromatic rings. The SMILES string of the molecule is CCNC(=NCCCn1ccnc1)NC1CC1. The highest BCUT2D eigenvalue weighted by Crippen LogP contribution is 2.18. The molecule has 1 fully saturated rings. The average molecular weight is 235 g/mol. The molecular weight excluding hydrogens is 214 g/mol. The predicted molar refractivity (Wildman–Crippen MR) is 69.0 cm³/mol. The number of imidazole rings is 1. The lowest BCUT2D eigenvalue weighted by Crippen LogP contribution is -2.38. The molecule has 0 spiro atoms. The maximum atomic E-state index is 4.55. The highest BCUT2D eigenvalue weighted by Gasteiger charge is 2.21. The maximum Gasteiger partial charge on any atom is 0.191 e. The Balaban J connectivity index is 1.68. The molecule has 1 heterocycles. The standard InChI is InChI=1S/C12H21N5/c1-2-14-12(16-11-4-5-11)15-6-3-8-17-9-7-13-10-17/h7,9-11H,2-6,8H2,1H3,(H2,14,15,16). The number of aryl methyl sites for hydroxylation is 1. The summed E-state index contributed by atoms with van der Waals surface area (Å²) in [6, 6.07) is 0.654. The molecule has 0 radical (unpaired) electrons. The van der Waals surface area contributed by atoms with Crippen molar-refractivity contribution in [3.8, 4) is 0 Å². The first-order valence-corrected chi connectivity index (χ1v) is 6.39. The number of rotatable bonds is 6. The monoisotopic (exact) mass is 235 g/mol. The molecule has 0 aliphatic heterocycles. The van der Waals surface area contributed by atoms with Gasteiger partial charge in [-0.2, -0.15) is 0 Å². The largest absolute Gasteiger partial charge is 0.357 e. The van der Waals surface area contributed by atoms with Crippen LogP contribution in [-0.4, -0.2) is 34.6 Å². The zero-order chi connectivity index (χ0) is 11.9. The Morgan fingerprint density at radius 1 is 1.53 bits per heavy atom. The van der Waals surface area contributed by atoms with Gasteiger partial charge in [0, 0.05) is 38.1 Å². The van der Waals surface area contributed by atoms with Gasteiger partial charge in [0.05, 0.1) is 6.33 Å². The second-order valence-corrected chi connectivity index (χ2v) is 4.33. The Bertz CT molecular complexity index is 340. The molecule has 0 atom stereocenters. The molecule has 1 aromatic heterocycles. The van der Waals surface area contributed by atoms with Crippen LogP contribution in [0.4, 0.5) is 0 Å². The van der Waals surface area contributed by atoms with E-state index in [1.165, 1.54) is 12.8 Å². The quantitative estimate of drug-likeness (QED) is 0.439. The van der Waals surface area contributed by atoms with Crippen LogP contribution >= 0.6 is 0 Å². The van der Waals surface area contributed by atoms with E-state index < -0.39 is 0 Å². The molecule has 5 heteroatoms. The molecule has 2 rings (SSSR count). The molecule has 0 amide bonds. The lowest BCUT2D eigenvalue weighted by atomic mass is 10.4. The molecular formula is C12H21N5. The molecule has 94 valence electrons. The Labute approximate surface area is 102 Å². The van der Waals surface area contributed by atoms with Gasteiger partial charge in [-0.05, 0) is 26.2 Å². The van der Waals surface area contributed by atoms with Crippen LogP contribution in [0.3, 0.4) is 0 Å². The fourth-order valence-corrected chi connectivity index (χ4v) is 1.60. The number of aromatic nitrogens is 2. The lowest BCUT2D eigenvalue weighted by molar-refractivity contribution is 0.647. The summed E-state index contributed by atoms with van der Waals surface area (Å²) < 4.78 is 2.08. The summed E-state index contributed by atoms with van der Waals surface area (Å²) in [6.45, 7) is 4.84. The minimum Gasteiger partial charge on any atom is -0.357 e. The van der Waals surface area contributed by atoms with Crippen molar-refractivity contribution in [3.05, 3.63) is 18.7 Å². The molecule has 1 saturated carbocycles. The van der Waals surface area contributed by atoms with Crippen molar-refractivity contribution >= 4 is 5.96 Å². The second-order valence-electron chi connectivity index (χ2n) is 4.33. The summed E-state index contributed by atoms with van der Waals surface area (Å²) >= 11 is 0. The van der Waals surface area contributed by atoms with E-state index in [9.17, 15) is 0 Å². The fourth-order valence-electron chi connectivity index (χ4n) is 1.60. The Kier molecular flexibility index (Phi) is 4.41. The van der Waals surface area contributed by atoms with Crippen LogP contribution in [0.15, 0.2) is 23.7 Å². The molecule has 1 aliphatic carbocycles. The average Bonchev–Trinajstić information content (AvgIpc) is 2.98. The Hall–Kier alpha value is -1.52. The van der Waals surface area contributed by atoms with Crippen LogP contribution in [0, 0.1) is 0 Å². The maximum absolute atomic E-state index is 4.55. The van der Waals surface area contributed by atoms with Crippen molar-refractivity contribution in [1.82, 2.24) is 20.2 Å². The summed E-state index contributed by atoms with van der Waals surface area (Å²) in [5, 5.41) is 6.67. The van der Waals surface area contributed by atoms with Gasteiger partial charge in [-0.3, -0.25) is 4.99 Å². The topological polar surface area (TPSA) is 54.2 Å². The molecule has 0 unspecified atom stereocenters. The molecule has 17 heavy (non-hydrogen) atoms. The van der Waals surface area contributed by atoms with Crippen LogP contribution in [0.25, 0.3) is 0 Å². The van der Waals surface area contributed by atoms with Gasteiger partial charge in [0.15, 0.2) is 5.96 Å². The number of hydrogen-bond acceptors (Lipinski definition) is 2.